The molecular weight excluding hydrogens is 262 g/mol. The standard InChI is InChI=1S/C14H27NO3S/c1-3-5-6-7-8-9-11-14(19,13(15)17)18-12(16)10-4-2/h19H,3-11H2,1-2H3,(H2,15,17). The van der Waals surface area contributed by atoms with Gasteiger partial charge in [0.15, 0.2) is 0 Å². The van der Waals surface area contributed by atoms with Crippen LogP contribution in [0.2, 0.25) is 0 Å². The molecule has 1 atom stereocenters. The van der Waals surface area contributed by atoms with Gasteiger partial charge >= 0.3 is 5.97 Å². The Morgan fingerprint density at radius 3 is 2.16 bits per heavy atom. The van der Waals surface area contributed by atoms with Gasteiger partial charge in [0.05, 0.1) is 0 Å². The summed E-state index contributed by atoms with van der Waals surface area (Å²) in [6, 6.07) is 0. The Morgan fingerprint density at radius 2 is 1.63 bits per heavy atom. The largest absolute Gasteiger partial charge is 0.438 e. The van der Waals surface area contributed by atoms with E-state index in [1.54, 1.807) is 0 Å². The fourth-order valence-corrected chi connectivity index (χ4v) is 2.07. The summed E-state index contributed by atoms with van der Waals surface area (Å²) < 4.78 is 5.12. The Morgan fingerprint density at radius 1 is 1.05 bits per heavy atom. The van der Waals surface area contributed by atoms with Crippen LogP contribution in [0.4, 0.5) is 0 Å². The van der Waals surface area contributed by atoms with E-state index in [1.165, 1.54) is 19.3 Å². The van der Waals surface area contributed by atoms with Crippen molar-refractivity contribution in [2.75, 3.05) is 0 Å². The van der Waals surface area contributed by atoms with Crippen LogP contribution < -0.4 is 5.73 Å². The molecular formula is C14H27NO3S. The summed E-state index contributed by atoms with van der Waals surface area (Å²) in [6.45, 7) is 4.04. The van der Waals surface area contributed by atoms with Crippen LogP contribution in [0, 0.1) is 0 Å². The van der Waals surface area contributed by atoms with Gasteiger partial charge in [0, 0.05) is 12.8 Å². The molecule has 0 aliphatic heterocycles. The van der Waals surface area contributed by atoms with Crippen molar-refractivity contribution >= 4 is 24.5 Å². The van der Waals surface area contributed by atoms with Crippen LogP contribution in [0.5, 0.6) is 0 Å². The molecule has 4 nitrogen and oxygen atoms in total. The highest BCUT2D eigenvalue weighted by Crippen LogP contribution is 2.25. The summed E-state index contributed by atoms with van der Waals surface area (Å²) in [5.74, 6) is -1.10. The molecule has 0 rings (SSSR count). The van der Waals surface area contributed by atoms with Gasteiger partial charge in [-0.2, -0.15) is 0 Å². The van der Waals surface area contributed by atoms with Gasteiger partial charge < -0.3 is 10.5 Å². The number of unbranched alkanes of at least 4 members (excludes halogenated alkanes) is 5. The second kappa shape index (κ2) is 10.1. The van der Waals surface area contributed by atoms with Gasteiger partial charge in [-0.05, 0) is 12.8 Å². The summed E-state index contributed by atoms with van der Waals surface area (Å²) >= 11 is 4.17. The van der Waals surface area contributed by atoms with Crippen LogP contribution in [0.25, 0.3) is 0 Å². The fourth-order valence-electron chi connectivity index (χ4n) is 1.81. The fraction of sp³-hybridized carbons (Fsp3) is 0.857. The lowest BCUT2D eigenvalue weighted by molar-refractivity contribution is -0.158. The zero-order valence-corrected chi connectivity index (χ0v) is 13.0. The second-order valence-electron chi connectivity index (χ2n) is 4.89. The predicted octanol–water partition coefficient (Wildman–Crippen LogP) is 3.19. The van der Waals surface area contributed by atoms with Gasteiger partial charge in [0.25, 0.3) is 5.91 Å². The topological polar surface area (TPSA) is 69.4 Å². The van der Waals surface area contributed by atoms with E-state index in [1.807, 2.05) is 6.92 Å². The number of carbonyl (C=O) groups excluding carboxylic acids is 2. The van der Waals surface area contributed by atoms with Crippen molar-refractivity contribution in [2.45, 2.75) is 76.6 Å². The molecule has 0 spiro atoms. The summed E-state index contributed by atoms with van der Waals surface area (Å²) in [5.41, 5.74) is 5.29. The number of hydrogen-bond donors (Lipinski definition) is 2. The average molecular weight is 289 g/mol. The molecule has 1 amide bonds. The molecule has 0 aromatic carbocycles. The third-order valence-corrected chi connectivity index (χ3v) is 3.53. The van der Waals surface area contributed by atoms with Gasteiger partial charge in [-0.15, -0.1) is 12.6 Å². The van der Waals surface area contributed by atoms with Gasteiger partial charge in [-0.3, -0.25) is 9.59 Å². The number of hydrogen-bond acceptors (Lipinski definition) is 4. The first-order valence-electron chi connectivity index (χ1n) is 7.20. The Hall–Kier alpha value is -0.710. The Kier molecular flexibility index (Phi) is 9.74. The van der Waals surface area contributed by atoms with Crippen LogP contribution in [0.15, 0.2) is 0 Å². The lowest BCUT2D eigenvalue weighted by atomic mass is 10.1. The summed E-state index contributed by atoms with van der Waals surface area (Å²) in [7, 11) is 0. The Labute approximate surface area is 121 Å². The summed E-state index contributed by atoms with van der Waals surface area (Å²) in [4.78, 5) is 21.4. The van der Waals surface area contributed by atoms with Crippen molar-refractivity contribution in [1.82, 2.24) is 0 Å². The monoisotopic (exact) mass is 289 g/mol. The number of ether oxygens (including phenoxy) is 1. The highest BCUT2D eigenvalue weighted by molar-refractivity contribution is 7.82. The number of esters is 1. The molecule has 0 saturated carbocycles. The molecule has 0 aliphatic rings. The molecule has 5 heteroatoms. The van der Waals surface area contributed by atoms with Crippen molar-refractivity contribution in [3.05, 3.63) is 0 Å². The SMILES string of the molecule is CCCCCCCCC(S)(OC(=O)CCC)C(N)=O. The minimum atomic E-state index is -1.45. The van der Waals surface area contributed by atoms with E-state index in [9.17, 15) is 9.59 Å². The Bertz CT molecular complexity index is 284. The molecule has 0 aromatic rings. The molecule has 0 heterocycles. The number of carbonyl (C=O) groups is 2. The molecule has 0 radical (unpaired) electrons. The maximum atomic E-state index is 11.5. The molecule has 0 saturated heterocycles. The maximum absolute atomic E-state index is 11.5. The minimum Gasteiger partial charge on any atom is -0.438 e. The van der Waals surface area contributed by atoms with Crippen LogP contribution in [-0.2, 0) is 14.3 Å². The first-order valence-corrected chi connectivity index (χ1v) is 7.65. The minimum absolute atomic E-state index is 0.284. The summed E-state index contributed by atoms with van der Waals surface area (Å²) in [6.07, 6.45) is 7.88. The molecule has 0 fully saturated rings. The number of amides is 1. The Balaban J connectivity index is 4.09. The molecule has 0 aliphatic carbocycles. The quantitative estimate of drug-likeness (QED) is 0.266. The van der Waals surface area contributed by atoms with E-state index >= 15 is 0 Å². The molecule has 112 valence electrons. The van der Waals surface area contributed by atoms with E-state index in [0.29, 0.717) is 12.8 Å². The van der Waals surface area contributed by atoms with E-state index in [2.05, 4.69) is 19.6 Å². The highest BCUT2D eigenvalue weighted by atomic mass is 32.1. The number of primary amides is 1. The number of nitrogens with two attached hydrogens (primary N) is 1. The lowest BCUT2D eigenvalue weighted by Gasteiger charge is -2.25. The van der Waals surface area contributed by atoms with Crippen LogP contribution in [0.1, 0.15) is 71.6 Å². The lowest BCUT2D eigenvalue weighted by Crippen LogP contribution is -2.43. The highest BCUT2D eigenvalue weighted by Gasteiger charge is 2.35. The van der Waals surface area contributed by atoms with Gasteiger partial charge in [-0.1, -0.05) is 46.0 Å². The smallest absolute Gasteiger partial charge is 0.307 e. The van der Waals surface area contributed by atoms with E-state index in [0.717, 1.165) is 19.3 Å². The zero-order chi connectivity index (χ0) is 14.7. The number of rotatable bonds is 11. The van der Waals surface area contributed by atoms with E-state index < -0.39 is 16.8 Å². The van der Waals surface area contributed by atoms with Crippen LogP contribution >= 0.6 is 12.6 Å². The van der Waals surface area contributed by atoms with Crippen LogP contribution in [0.3, 0.4) is 0 Å². The predicted molar refractivity (Wildman–Crippen MR) is 79.9 cm³/mol. The first-order chi connectivity index (χ1) is 8.96. The van der Waals surface area contributed by atoms with Gasteiger partial charge in [-0.25, -0.2) is 0 Å². The second-order valence-corrected chi connectivity index (χ2v) is 5.61. The normalized spacial score (nSPS) is 13.8. The van der Waals surface area contributed by atoms with Crippen molar-refractivity contribution in [3.8, 4) is 0 Å². The van der Waals surface area contributed by atoms with Crippen molar-refractivity contribution in [2.24, 2.45) is 5.73 Å². The van der Waals surface area contributed by atoms with E-state index in [-0.39, 0.29) is 6.42 Å². The van der Waals surface area contributed by atoms with Crippen molar-refractivity contribution in [3.63, 3.8) is 0 Å². The van der Waals surface area contributed by atoms with Crippen molar-refractivity contribution < 1.29 is 14.3 Å². The third-order valence-electron chi connectivity index (χ3n) is 2.99. The summed E-state index contributed by atoms with van der Waals surface area (Å²) in [5, 5.41) is 0. The van der Waals surface area contributed by atoms with Gasteiger partial charge in [0.2, 0.25) is 4.93 Å². The zero-order valence-electron chi connectivity index (χ0n) is 12.1. The molecule has 0 aromatic heterocycles. The molecule has 2 N–H and O–H groups in total. The molecule has 1 unspecified atom stereocenters. The molecule has 0 bridgehead atoms. The van der Waals surface area contributed by atoms with Gasteiger partial charge in [0.1, 0.15) is 0 Å². The molecule has 19 heavy (non-hydrogen) atoms. The maximum Gasteiger partial charge on any atom is 0.307 e. The average Bonchev–Trinajstić information content (AvgIpc) is 2.33. The third kappa shape index (κ3) is 8.14. The van der Waals surface area contributed by atoms with E-state index in [4.69, 9.17) is 10.5 Å². The first kappa shape index (κ1) is 18.3. The number of thiol groups is 1. The van der Waals surface area contributed by atoms with Crippen molar-refractivity contribution in [1.29, 1.82) is 0 Å². The van der Waals surface area contributed by atoms with Crippen LogP contribution in [-0.4, -0.2) is 16.8 Å².